The van der Waals surface area contributed by atoms with E-state index in [-0.39, 0.29) is 0 Å². The SMILES string of the molecule is COC(=O)[C@H]1CCC(C(=C=[N-])C2=N[C@@H](C(=O)OC)CC2)=N1. The maximum atomic E-state index is 11.5. The Balaban J connectivity index is 2.17. The Bertz CT molecular complexity index is 529. The zero-order valence-electron chi connectivity index (χ0n) is 12.0. The Labute approximate surface area is 122 Å². The van der Waals surface area contributed by atoms with Crippen LogP contribution in [0.25, 0.3) is 5.41 Å². The van der Waals surface area contributed by atoms with Crippen molar-refractivity contribution in [3.05, 3.63) is 11.0 Å². The molecule has 0 fully saturated rings. The summed E-state index contributed by atoms with van der Waals surface area (Å²) in [6.07, 6.45) is 2.12. The third-order valence-corrected chi connectivity index (χ3v) is 3.57. The normalized spacial score (nSPS) is 23.9. The summed E-state index contributed by atoms with van der Waals surface area (Å²) in [5, 5.41) is 9.33. The van der Waals surface area contributed by atoms with Gasteiger partial charge in [-0.15, -0.1) is 0 Å². The lowest BCUT2D eigenvalue weighted by molar-refractivity contribution is -0.142. The van der Waals surface area contributed by atoms with Crippen molar-refractivity contribution < 1.29 is 19.1 Å². The van der Waals surface area contributed by atoms with Crippen molar-refractivity contribution >= 4 is 29.2 Å². The highest BCUT2D eigenvalue weighted by molar-refractivity contribution is 6.31. The van der Waals surface area contributed by atoms with Gasteiger partial charge in [-0.2, -0.15) is 0 Å². The number of carbonyl (C=O) groups excluding carboxylic acids is 2. The van der Waals surface area contributed by atoms with Gasteiger partial charge in [0.05, 0.1) is 25.6 Å². The van der Waals surface area contributed by atoms with Crippen LogP contribution in [0.4, 0.5) is 0 Å². The van der Waals surface area contributed by atoms with E-state index in [1.165, 1.54) is 14.2 Å². The van der Waals surface area contributed by atoms with Gasteiger partial charge < -0.3 is 14.9 Å². The Kier molecular flexibility index (Phi) is 4.65. The van der Waals surface area contributed by atoms with Crippen molar-refractivity contribution in [1.82, 2.24) is 0 Å². The van der Waals surface area contributed by atoms with E-state index in [1.54, 1.807) is 0 Å². The van der Waals surface area contributed by atoms with Gasteiger partial charge in [0.2, 0.25) is 0 Å². The van der Waals surface area contributed by atoms with Crippen LogP contribution in [-0.4, -0.2) is 55.5 Å². The minimum atomic E-state index is -0.549. The number of aliphatic imine (C=N–C) groups is 2. The maximum absolute atomic E-state index is 11.5. The molecule has 0 saturated heterocycles. The summed E-state index contributed by atoms with van der Waals surface area (Å²) in [6.45, 7) is 0. The highest BCUT2D eigenvalue weighted by Gasteiger charge is 2.31. The Morgan fingerprint density at radius 1 is 1.05 bits per heavy atom. The average Bonchev–Trinajstić information content (AvgIpc) is 3.16. The quantitative estimate of drug-likeness (QED) is 0.562. The summed E-state index contributed by atoms with van der Waals surface area (Å²) in [6, 6.07) is -1.10. The van der Waals surface area contributed by atoms with Crippen molar-refractivity contribution in [2.24, 2.45) is 9.98 Å². The number of ether oxygens (including phenoxy) is 2. The molecule has 0 saturated carbocycles. The molecule has 0 aromatic rings. The van der Waals surface area contributed by atoms with E-state index in [2.05, 4.69) is 25.3 Å². The maximum Gasteiger partial charge on any atom is 0.330 e. The number of esters is 2. The van der Waals surface area contributed by atoms with E-state index in [1.807, 2.05) is 0 Å². The fraction of sp³-hybridized carbons (Fsp3) is 0.571. The van der Waals surface area contributed by atoms with Gasteiger partial charge in [0.1, 0.15) is 12.1 Å². The molecule has 112 valence electrons. The van der Waals surface area contributed by atoms with Crippen LogP contribution < -0.4 is 0 Å². The Hall–Kier alpha value is -2.27. The lowest BCUT2D eigenvalue weighted by Gasteiger charge is -2.06. The number of carbonyl (C=O) groups is 2. The second kappa shape index (κ2) is 6.45. The standard InChI is InChI=1S/C14H16N3O4/c1-20-13(18)11-5-3-9(16-11)8(7-15)10-4-6-12(17-10)14(19)21-2/h11-12H,3-6H2,1-2H3/q-1/t11-,12-/m1/s1. The molecule has 7 heteroatoms. The minimum Gasteiger partial charge on any atom is -0.763 e. The van der Waals surface area contributed by atoms with Gasteiger partial charge in [0.25, 0.3) is 0 Å². The summed E-state index contributed by atoms with van der Waals surface area (Å²) >= 11 is 0. The van der Waals surface area contributed by atoms with Gasteiger partial charge in [-0.3, -0.25) is 15.9 Å². The predicted molar refractivity (Wildman–Crippen MR) is 76.8 cm³/mol. The Morgan fingerprint density at radius 2 is 1.48 bits per heavy atom. The van der Waals surface area contributed by atoms with E-state index in [4.69, 9.17) is 0 Å². The molecule has 7 nitrogen and oxygen atoms in total. The smallest absolute Gasteiger partial charge is 0.330 e. The van der Waals surface area contributed by atoms with Gasteiger partial charge in [-0.1, -0.05) is 0 Å². The molecular formula is C14H16N3O4-. The minimum absolute atomic E-state index is 0.368. The van der Waals surface area contributed by atoms with Crippen LogP contribution in [0.3, 0.4) is 0 Å². The molecule has 0 N–H and O–H groups in total. The third kappa shape index (κ3) is 3.08. The molecule has 2 aliphatic rings. The molecule has 0 aliphatic carbocycles. The number of methoxy groups -OCH3 is 2. The first-order valence-electron chi connectivity index (χ1n) is 6.67. The average molecular weight is 290 g/mol. The van der Waals surface area contributed by atoms with Crippen molar-refractivity contribution in [3.63, 3.8) is 0 Å². The largest absolute Gasteiger partial charge is 0.763 e. The lowest BCUT2D eigenvalue weighted by Crippen LogP contribution is -2.17. The summed E-state index contributed by atoms with van der Waals surface area (Å²) in [5.41, 5.74) is 1.50. The van der Waals surface area contributed by atoms with Crippen LogP contribution in [0.2, 0.25) is 0 Å². The van der Waals surface area contributed by atoms with E-state index >= 15 is 0 Å². The van der Waals surface area contributed by atoms with E-state index in [9.17, 15) is 15.0 Å². The summed E-state index contributed by atoms with van der Waals surface area (Å²) < 4.78 is 9.31. The van der Waals surface area contributed by atoms with Crippen LogP contribution >= 0.6 is 0 Å². The zero-order valence-corrected chi connectivity index (χ0v) is 12.0. The molecule has 2 atom stereocenters. The molecule has 0 spiro atoms. The molecule has 2 heterocycles. The van der Waals surface area contributed by atoms with Crippen molar-refractivity contribution in [1.29, 1.82) is 0 Å². The van der Waals surface area contributed by atoms with Crippen molar-refractivity contribution in [2.75, 3.05) is 14.2 Å². The molecule has 0 aromatic heterocycles. The Morgan fingerprint density at radius 3 is 1.81 bits per heavy atom. The second-order valence-electron chi connectivity index (χ2n) is 4.79. The second-order valence-corrected chi connectivity index (χ2v) is 4.79. The number of hydrogen-bond donors (Lipinski definition) is 0. The van der Waals surface area contributed by atoms with Crippen molar-refractivity contribution in [3.8, 4) is 0 Å². The number of nitrogens with zero attached hydrogens (tertiary/aromatic N) is 3. The van der Waals surface area contributed by atoms with Gasteiger partial charge in [0, 0.05) is 5.57 Å². The third-order valence-electron chi connectivity index (χ3n) is 3.57. The topological polar surface area (TPSA) is 99.6 Å². The van der Waals surface area contributed by atoms with E-state index in [0.29, 0.717) is 42.7 Å². The number of hydrogen-bond acceptors (Lipinski definition) is 6. The van der Waals surface area contributed by atoms with Gasteiger partial charge in [0.15, 0.2) is 0 Å². The van der Waals surface area contributed by atoms with Crippen LogP contribution in [0.15, 0.2) is 15.6 Å². The molecule has 0 radical (unpaired) electrons. The van der Waals surface area contributed by atoms with Crippen LogP contribution in [0.1, 0.15) is 25.7 Å². The first-order chi connectivity index (χ1) is 10.1. The predicted octanol–water partition coefficient (Wildman–Crippen LogP) is 0.705. The molecule has 0 unspecified atom stereocenters. The van der Waals surface area contributed by atoms with Gasteiger partial charge in [-0.25, -0.2) is 9.59 Å². The molecule has 0 amide bonds. The van der Waals surface area contributed by atoms with Gasteiger partial charge >= 0.3 is 11.9 Å². The van der Waals surface area contributed by atoms with Crippen molar-refractivity contribution in [2.45, 2.75) is 37.8 Å². The summed E-state index contributed by atoms with van der Waals surface area (Å²) in [4.78, 5) is 31.4. The highest BCUT2D eigenvalue weighted by atomic mass is 16.5. The van der Waals surface area contributed by atoms with Crippen LogP contribution in [0.5, 0.6) is 0 Å². The van der Waals surface area contributed by atoms with E-state index in [0.717, 1.165) is 0 Å². The first-order valence-corrected chi connectivity index (χ1v) is 6.67. The monoisotopic (exact) mass is 290 g/mol. The fourth-order valence-corrected chi connectivity index (χ4v) is 2.47. The molecular weight excluding hydrogens is 274 g/mol. The molecule has 2 aliphatic heterocycles. The summed E-state index contributed by atoms with van der Waals surface area (Å²) in [5.74, 6) is 1.29. The summed E-state index contributed by atoms with van der Waals surface area (Å²) in [7, 11) is 2.62. The molecule has 21 heavy (non-hydrogen) atoms. The highest BCUT2D eigenvalue weighted by Crippen LogP contribution is 2.24. The van der Waals surface area contributed by atoms with Crippen LogP contribution in [0, 0.1) is 0 Å². The molecule has 0 bridgehead atoms. The fourth-order valence-electron chi connectivity index (χ4n) is 2.47. The molecule has 2 rings (SSSR count). The van der Waals surface area contributed by atoms with Crippen LogP contribution in [-0.2, 0) is 19.1 Å². The number of allylic oxidation sites excluding steroid dienone is 1. The van der Waals surface area contributed by atoms with E-state index < -0.39 is 24.0 Å². The zero-order chi connectivity index (χ0) is 15.4. The number of rotatable bonds is 4. The first kappa shape index (κ1) is 15.1. The lowest BCUT2D eigenvalue weighted by atomic mass is 10.0. The van der Waals surface area contributed by atoms with Gasteiger partial charge in [-0.05, 0) is 25.7 Å². The molecule has 0 aromatic carbocycles.